The summed E-state index contributed by atoms with van der Waals surface area (Å²) in [5.74, 6) is -1.62. The van der Waals surface area contributed by atoms with Crippen LogP contribution in [0.4, 0.5) is 0 Å². The van der Waals surface area contributed by atoms with Crippen molar-refractivity contribution in [1.82, 2.24) is 4.90 Å². The highest BCUT2D eigenvalue weighted by Gasteiger charge is 2.50. The molecule has 1 fully saturated rings. The summed E-state index contributed by atoms with van der Waals surface area (Å²) in [6.07, 6.45) is 2.19. The standard InChI is InChI=1S/C17H23NO3/c1-3-13(10-12-8-6-5-7-9-12)18(4-2)16(19)14-11-15(14)17(20)21/h5-9,13-15H,3-4,10-11H2,1-2H3,(H,20,21). The summed E-state index contributed by atoms with van der Waals surface area (Å²) in [6, 6.07) is 10.3. The molecule has 1 aromatic rings. The number of aliphatic carboxylic acids is 1. The first-order valence-corrected chi connectivity index (χ1v) is 7.65. The van der Waals surface area contributed by atoms with Gasteiger partial charge in [0.25, 0.3) is 0 Å². The van der Waals surface area contributed by atoms with Crippen LogP contribution in [0, 0.1) is 11.8 Å². The molecule has 4 heteroatoms. The highest BCUT2D eigenvalue weighted by molar-refractivity contribution is 5.89. The number of nitrogens with zero attached hydrogens (tertiary/aromatic N) is 1. The van der Waals surface area contributed by atoms with E-state index >= 15 is 0 Å². The number of amides is 1. The number of rotatable bonds is 7. The summed E-state index contributed by atoms with van der Waals surface area (Å²) < 4.78 is 0. The Morgan fingerprint density at radius 1 is 1.24 bits per heavy atom. The fourth-order valence-corrected chi connectivity index (χ4v) is 2.91. The van der Waals surface area contributed by atoms with E-state index < -0.39 is 11.9 Å². The van der Waals surface area contributed by atoms with Gasteiger partial charge in [0.15, 0.2) is 0 Å². The molecular weight excluding hydrogens is 266 g/mol. The van der Waals surface area contributed by atoms with Crippen molar-refractivity contribution in [3.8, 4) is 0 Å². The normalized spacial score (nSPS) is 21.6. The van der Waals surface area contributed by atoms with E-state index in [-0.39, 0.29) is 17.9 Å². The number of benzene rings is 1. The summed E-state index contributed by atoms with van der Waals surface area (Å²) in [6.45, 7) is 4.67. The molecule has 1 aliphatic rings. The van der Waals surface area contributed by atoms with Crippen LogP contribution in [0.2, 0.25) is 0 Å². The zero-order valence-electron chi connectivity index (χ0n) is 12.7. The number of likely N-dealkylation sites (N-methyl/N-ethyl adjacent to an activating group) is 1. The molecule has 21 heavy (non-hydrogen) atoms. The molecular formula is C17H23NO3. The largest absolute Gasteiger partial charge is 0.481 e. The molecule has 0 aromatic heterocycles. The molecule has 4 nitrogen and oxygen atoms in total. The van der Waals surface area contributed by atoms with Gasteiger partial charge >= 0.3 is 5.97 Å². The second kappa shape index (κ2) is 6.74. The molecule has 0 radical (unpaired) electrons. The summed E-state index contributed by atoms with van der Waals surface area (Å²) in [4.78, 5) is 25.3. The van der Waals surface area contributed by atoms with Crippen LogP contribution in [0.1, 0.15) is 32.3 Å². The zero-order chi connectivity index (χ0) is 15.4. The topological polar surface area (TPSA) is 57.6 Å². The Morgan fingerprint density at radius 2 is 1.90 bits per heavy atom. The highest BCUT2D eigenvalue weighted by Crippen LogP contribution is 2.40. The predicted molar refractivity (Wildman–Crippen MR) is 80.8 cm³/mol. The van der Waals surface area contributed by atoms with Crippen LogP contribution in [0.25, 0.3) is 0 Å². The van der Waals surface area contributed by atoms with Crippen molar-refractivity contribution >= 4 is 11.9 Å². The lowest BCUT2D eigenvalue weighted by Crippen LogP contribution is -2.42. The van der Waals surface area contributed by atoms with Gasteiger partial charge in [0.05, 0.1) is 11.8 Å². The average molecular weight is 289 g/mol. The van der Waals surface area contributed by atoms with Gasteiger partial charge in [0.2, 0.25) is 5.91 Å². The maximum atomic E-state index is 12.5. The third kappa shape index (κ3) is 3.63. The zero-order valence-corrected chi connectivity index (χ0v) is 12.7. The van der Waals surface area contributed by atoms with Crippen LogP contribution in [0.15, 0.2) is 30.3 Å². The Bertz CT molecular complexity index is 500. The number of carboxylic acid groups (broad SMARTS) is 1. The van der Waals surface area contributed by atoms with Crippen LogP contribution in [0.5, 0.6) is 0 Å². The summed E-state index contributed by atoms with van der Waals surface area (Å²) in [5, 5.41) is 8.99. The van der Waals surface area contributed by atoms with Gasteiger partial charge in [-0.3, -0.25) is 9.59 Å². The lowest BCUT2D eigenvalue weighted by Gasteiger charge is -2.30. The Labute approximate surface area is 125 Å². The lowest BCUT2D eigenvalue weighted by atomic mass is 10.0. The molecule has 1 N–H and O–H groups in total. The number of hydrogen-bond acceptors (Lipinski definition) is 2. The van der Waals surface area contributed by atoms with Gasteiger partial charge < -0.3 is 10.0 Å². The molecule has 0 heterocycles. The summed E-state index contributed by atoms with van der Waals surface area (Å²) >= 11 is 0. The van der Waals surface area contributed by atoms with Crippen molar-refractivity contribution < 1.29 is 14.7 Å². The molecule has 0 saturated heterocycles. The Morgan fingerprint density at radius 3 is 2.38 bits per heavy atom. The monoisotopic (exact) mass is 289 g/mol. The molecule has 0 bridgehead atoms. The highest BCUT2D eigenvalue weighted by atomic mass is 16.4. The number of carboxylic acids is 1. The van der Waals surface area contributed by atoms with Crippen molar-refractivity contribution in [1.29, 1.82) is 0 Å². The fraction of sp³-hybridized carbons (Fsp3) is 0.529. The minimum atomic E-state index is -0.847. The van der Waals surface area contributed by atoms with Gasteiger partial charge in [0.1, 0.15) is 0 Å². The van der Waals surface area contributed by atoms with Crippen LogP contribution >= 0.6 is 0 Å². The molecule has 0 spiro atoms. The minimum Gasteiger partial charge on any atom is -0.481 e. The number of carbonyl (C=O) groups is 2. The van der Waals surface area contributed by atoms with E-state index in [0.717, 1.165) is 12.8 Å². The molecule has 1 saturated carbocycles. The van der Waals surface area contributed by atoms with Crippen molar-refractivity contribution in [3.05, 3.63) is 35.9 Å². The first-order chi connectivity index (χ1) is 10.1. The van der Waals surface area contributed by atoms with Crippen molar-refractivity contribution in [2.45, 2.75) is 39.2 Å². The van der Waals surface area contributed by atoms with Gasteiger partial charge in [0, 0.05) is 12.6 Å². The molecule has 2 rings (SSSR count). The quantitative estimate of drug-likeness (QED) is 0.839. The van der Waals surface area contributed by atoms with Gasteiger partial charge in [-0.25, -0.2) is 0 Å². The second-order valence-electron chi connectivity index (χ2n) is 5.66. The van der Waals surface area contributed by atoms with E-state index in [4.69, 9.17) is 5.11 Å². The number of carbonyl (C=O) groups excluding carboxylic acids is 1. The predicted octanol–water partition coefficient (Wildman–Crippen LogP) is 2.58. The molecule has 3 atom stereocenters. The van der Waals surface area contributed by atoms with Gasteiger partial charge in [-0.1, -0.05) is 37.3 Å². The molecule has 1 aliphatic carbocycles. The third-order valence-corrected chi connectivity index (χ3v) is 4.27. The molecule has 0 aliphatic heterocycles. The first-order valence-electron chi connectivity index (χ1n) is 7.65. The first kappa shape index (κ1) is 15.5. The van der Waals surface area contributed by atoms with Crippen LogP contribution in [-0.4, -0.2) is 34.5 Å². The Kier molecular flexibility index (Phi) is 4.99. The van der Waals surface area contributed by atoms with E-state index in [2.05, 4.69) is 19.1 Å². The van der Waals surface area contributed by atoms with Crippen molar-refractivity contribution in [3.63, 3.8) is 0 Å². The molecule has 3 unspecified atom stereocenters. The number of hydrogen-bond donors (Lipinski definition) is 1. The van der Waals surface area contributed by atoms with Gasteiger partial charge in [-0.05, 0) is 31.7 Å². The van der Waals surface area contributed by atoms with Crippen LogP contribution in [0.3, 0.4) is 0 Å². The van der Waals surface area contributed by atoms with E-state index in [1.807, 2.05) is 30.0 Å². The van der Waals surface area contributed by atoms with Gasteiger partial charge in [-0.2, -0.15) is 0 Å². The molecule has 114 valence electrons. The van der Waals surface area contributed by atoms with E-state index in [1.165, 1.54) is 5.56 Å². The fourth-order valence-electron chi connectivity index (χ4n) is 2.91. The maximum Gasteiger partial charge on any atom is 0.307 e. The lowest BCUT2D eigenvalue weighted by molar-refractivity contribution is -0.142. The van der Waals surface area contributed by atoms with Crippen molar-refractivity contribution in [2.24, 2.45) is 11.8 Å². The maximum absolute atomic E-state index is 12.5. The SMILES string of the molecule is CCC(Cc1ccccc1)N(CC)C(=O)C1CC1C(=O)O. The van der Waals surface area contributed by atoms with E-state index in [0.29, 0.717) is 13.0 Å². The van der Waals surface area contributed by atoms with E-state index in [1.54, 1.807) is 0 Å². The second-order valence-corrected chi connectivity index (χ2v) is 5.66. The molecule has 1 aromatic carbocycles. The van der Waals surface area contributed by atoms with Crippen LogP contribution < -0.4 is 0 Å². The van der Waals surface area contributed by atoms with E-state index in [9.17, 15) is 9.59 Å². The smallest absolute Gasteiger partial charge is 0.307 e. The Hall–Kier alpha value is -1.84. The summed E-state index contributed by atoms with van der Waals surface area (Å²) in [7, 11) is 0. The average Bonchev–Trinajstić information content (AvgIpc) is 3.28. The van der Waals surface area contributed by atoms with Gasteiger partial charge in [-0.15, -0.1) is 0 Å². The third-order valence-electron chi connectivity index (χ3n) is 4.27. The van der Waals surface area contributed by atoms with Crippen molar-refractivity contribution in [2.75, 3.05) is 6.54 Å². The Balaban J connectivity index is 2.04. The van der Waals surface area contributed by atoms with Crippen LogP contribution in [-0.2, 0) is 16.0 Å². The molecule has 1 amide bonds. The summed E-state index contributed by atoms with van der Waals surface area (Å²) in [5.41, 5.74) is 1.21. The minimum absolute atomic E-state index is 0.00711.